The molecule has 0 unspecified atom stereocenters. The minimum atomic E-state index is 0.714. The van der Waals surface area contributed by atoms with Crippen LogP contribution < -0.4 is 10.5 Å². The minimum Gasteiger partial charge on any atom is -0.491 e. The predicted molar refractivity (Wildman–Crippen MR) is 58.4 cm³/mol. The van der Waals surface area contributed by atoms with E-state index in [1.165, 1.54) is 4.90 Å². The molecule has 1 aromatic carbocycles. The Labute approximate surface area is 83.5 Å². The molecule has 0 aliphatic carbocycles. The van der Waals surface area contributed by atoms with Crippen molar-refractivity contribution in [3.8, 4) is 5.75 Å². The molecule has 0 aliphatic rings. The Morgan fingerprint density at radius 2 is 2.23 bits per heavy atom. The molecule has 72 valence electrons. The fourth-order valence-electron chi connectivity index (χ4n) is 0.979. The first-order valence-electron chi connectivity index (χ1n) is 4.34. The van der Waals surface area contributed by atoms with Crippen LogP contribution in [0.1, 0.15) is 13.3 Å². The molecule has 0 bridgehead atoms. The summed E-state index contributed by atoms with van der Waals surface area (Å²) in [6.45, 7) is 2.80. The third kappa shape index (κ3) is 2.84. The molecule has 13 heavy (non-hydrogen) atoms. The quantitative estimate of drug-likeness (QED) is 0.595. The van der Waals surface area contributed by atoms with E-state index in [-0.39, 0.29) is 0 Å². The Kier molecular flexibility index (Phi) is 3.96. The fraction of sp³-hybridized carbons (Fsp3) is 0.400. The molecule has 2 N–H and O–H groups in total. The topological polar surface area (TPSA) is 35.2 Å². The number of hydrogen-bond donors (Lipinski definition) is 1. The second kappa shape index (κ2) is 5.02. The molecule has 0 aliphatic heterocycles. The number of hydrogen-bond acceptors (Lipinski definition) is 3. The molecular weight excluding hydrogens is 182 g/mol. The van der Waals surface area contributed by atoms with Crippen LogP contribution in [0.5, 0.6) is 5.75 Å². The summed E-state index contributed by atoms with van der Waals surface area (Å²) in [6.07, 6.45) is 3.04. The van der Waals surface area contributed by atoms with E-state index in [2.05, 4.69) is 6.92 Å². The highest BCUT2D eigenvalue weighted by molar-refractivity contribution is 7.98. The maximum absolute atomic E-state index is 5.75. The minimum absolute atomic E-state index is 0.714. The molecule has 0 spiro atoms. The van der Waals surface area contributed by atoms with Crippen LogP contribution in [-0.4, -0.2) is 12.9 Å². The van der Waals surface area contributed by atoms with Crippen molar-refractivity contribution in [3.63, 3.8) is 0 Å². The van der Waals surface area contributed by atoms with Gasteiger partial charge in [0, 0.05) is 4.90 Å². The van der Waals surface area contributed by atoms with Gasteiger partial charge in [-0.2, -0.15) is 0 Å². The van der Waals surface area contributed by atoms with Gasteiger partial charge in [0.1, 0.15) is 5.75 Å². The number of nitrogen functional groups attached to an aromatic ring is 1. The summed E-state index contributed by atoms with van der Waals surface area (Å²) in [7, 11) is 0. The molecule has 0 fully saturated rings. The van der Waals surface area contributed by atoms with E-state index in [9.17, 15) is 0 Å². The van der Waals surface area contributed by atoms with Crippen molar-refractivity contribution >= 4 is 17.4 Å². The van der Waals surface area contributed by atoms with Gasteiger partial charge in [-0.15, -0.1) is 11.8 Å². The lowest BCUT2D eigenvalue weighted by atomic mass is 10.3. The number of ether oxygens (including phenoxy) is 1. The standard InChI is InChI=1S/C10H15NOS/c1-3-6-12-10-7-8(13-2)4-5-9(10)11/h4-5,7H,3,6,11H2,1-2H3. The molecule has 0 heterocycles. The molecule has 0 radical (unpaired) electrons. The Morgan fingerprint density at radius 3 is 2.85 bits per heavy atom. The van der Waals surface area contributed by atoms with Gasteiger partial charge in [0.2, 0.25) is 0 Å². The van der Waals surface area contributed by atoms with Crippen molar-refractivity contribution in [3.05, 3.63) is 18.2 Å². The van der Waals surface area contributed by atoms with Crippen LogP contribution in [-0.2, 0) is 0 Å². The van der Waals surface area contributed by atoms with Gasteiger partial charge in [-0.05, 0) is 30.9 Å². The summed E-state index contributed by atoms with van der Waals surface area (Å²) in [5.41, 5.74) is 6.46. The van der Waals surface area contributed by atoms with Crippen LogP contribution in [0.15, 0.2) is 23.1 Å². The van der Waals surface area contributed by atoms with Gasteiger partial charge in [0.25, 0.3) is 0 Å². The average molecular weight is 197 g/mol. The van der Waals surface area contributed by atoms with E-state index in [0.29, 0.717) is 5.69 Å². The van der Waals surface area contributed by atoms with Crippen molar-refractivity contribution in [2.75, 3.05) is 18.6 Å². The van der Waals surface area contributed by atoms with Crippen molar-refractivity contribution in [1.29, 1.82) is 0 Å². The third-order valence-corrected chi connectivity index (χ3v) is 2.41. The van der Waals surface area contributed by atoms with Gasteiger partial charge < -0.3 is 10.5 Å². The first-order chi connectivity index (χ1) is 6.27. The third-order valence-electron chi connectivity index (χ3n) is 1.68. The zero-order valence-electron chi connectivity index (χ0n) is 8.04. The SMILES string of the molecule is CCCOc1cc(SC)ccc1N. The first-order valence-corrected chi connectivity index (χ1v) is 5.56. The highest BCUT2D eigenvalue weighted by Gasteiger charge is 2.00. The van der Waals surface area contributed by atoms with Crippen molar-refractivity contribution < 1.29 is 4.74 Å². The zero-order chi connectivity index (χ0) is 9.68. The van der Waals surface area contributed by atoms with Crippen LogP contribution in [0.3, 0.4) is 0 Å². The number of benzene rings is 1. The van der Waals surface area contributed by atoms with E-state index in [1.54, 1.807) is 11.8 Å². The average Bonchev–Trinajstić information content (AvgIpc) is 2.17. The highest BCUT2D eigenvalue weighted by atomic mass is 32.2. The number of nitrogens with two attached hydrogens (primary N) is 1. The van der Waals surface area contributed by atoms with Gasteiger partial charge in [0.05, 0.1) is 12.3 Å². The van der Waals surface area contributed by atoms with Gasteiger partial charge in [-0.3, -0.25) is 0 Å². The van der Waals surface area contributed by atoms with Crippen molar-refractivity contribution in [2.24, 2.45) is 0 Å². The molecule has 0 saturated heterocycles. The summed E-state index contributed by atoms with van der Waals surface area (Å²) in [6, 6.07) is 5.87. The molecular formula is C10H15NOS. The van der Waals surface area contributed by atoms with E-state index >= 15 is 0 Å². The summed E-state index contributed by atoms with van der Waals surface area (Å²) >= 11 is 1.69. The Balaban J connectivity index is 2.78. The Morgan fingerprint density at radius 1 is 1.46 bits per heavy atom. The van der Waals surface area contributed by atoms with Crippen LogP contribution in [0, 0.1) is 0 Å². The maximum atomic E-state index is 5.75. The van der Waals surface area contributed by atoms with Crippen molar-refractivity contribution in [2.45, 2.75) is 18.2 Å². The first kappa shape index (κ1) is 10.3. The van der Waals surface area contributed by atoms with Gasteiger partial charge in [-0.1, -0.05) is 6.92 Å². The lowest BCUT2D eigenvalue weighted by Crippen LogP contribution is -1.98. The smallest absolute Gasteiger partial charge is 0.143 e. The lowest BCUT2D eigenvalue weighted by molar-refractivity contribution is 0.318. The monoisotopic (exact) mass is 197 g/mol. The summed E-state index contributed by atoms with van der Waals surface area (Å²) in [5.74, 6) is 0.800. The maximum Gasteiger partial charge on any atom is 0.143 e. The number of thioether (sulfide) groups is 1. The second-order valence-electron chi connectivity index (χ2n) is 2.75. The second-order valence-corrected chi connectivity index (χ2v) is 3.63. The summed E-state index contributed by atoms with van der Waals surface area (Å²) in [5, 5.41) is 0. The molecule has 0 aromatic heterocycles. The van der Waals surface area contributed by atoms with E-state index in [4.69, 9.17) is 10.5 Å². The Hall–Kier alpha value is -0.830. The summed E-state index contributed by atoms with van der Waals surface area (Å²) < 4.78 is 5.49. The zero-order valence-corrected chi connectivity index (χ0v) is 8.86. The van der Waals surface area contributed by atoms with Gasteiger partial charge >= 0.3 is 0 Å². The molecule has 1 aromatic rings. The van der Waals surface area contributed by atoms with Gasteiger partial charge in [0.15, 0.2) is 0 Å². The van der Waals surface area contributed by atoms with Crippen LogP contribution in [0.2, 0.25) is 0 Å². The Bertz CT molecular complexity index is 276. The van der Waals surface area contributed by atoms with Crippen LogP contribution in [0.4, 0.5) is 5.69 Å². The number of rotatable bonds is 4. The summed E-state index contributed by atoms with van der Waals surface area (Å²) in [4.78, 5) is 1.18. The van der Waals surface area contributed by atoms with E-state index in [1.807, 2.05) is 24.5 Å². The van der Waals surface area contributed by atoms with Crippen LogP contribution >= 0.6 is 11.8 Å². The highest BCUT2D eigenvalue weighted by Crippen LogP contribution is 2.27. The molecule has 0 atom stereocenters. The molecule has 3 heteroatoms. The molecule has 1 rings (SSSR count). The molecule has 2 nitrogen and oxygen atoms in total. The van der Waals surface area contributed by atoms with Crippen molar-refractivity contribution in [1.82, 2.24) is 0 Å². The molecule has 0 saturated carbocycles. The molecule has 0 amide bonds. The van der Waals surface area contributed by atoms with E-state index in [0.717, 1.165) is 18.8 Å². The van der Waals surface area contributed by atoms with Gasteiger partial charge in [-0.25, -0.2) is 0 Å². The predicted octanol–water partition coefficient (Wildman–Crippen LogP) is 2.78. The van der Waals surface area contributed by atoms with E-state index < -0.39 is 0 Å². The largest absolute Gasteiger partial charge is 0.491 e. The normalized spacial score (nSPS) is 10.0. The number of anilines is 1. The van der Waals surface area contributed by atoms with Crippen LogP contribution in [0.25, 0.3) is 0 Å². The lowest BCUT2D eigenvalue weighted by Gasteiger charge is -2.08. The fourth-order valence-corrected chi connectivity index (χ4v) is 1.41.